The van der Waals surface area contributed by atoms with Crippen molar-refractivity contribution in [1.29, 1.82) is 0 Å². The first-order valence-electron chi connectivity index (χ1n) is 11.2. The number of aryl methyl sites for hydroxylation is 2. The zero-order chi connectivity index (χ0) is 21.7. The highest BCUT2D eigenvalue weighted by atomic mass is 15.3. The molecule has 5 aromatic rings. The van der Waals surface area contributed by atoms with Gasteiger partial charge in [0, 0.05) is 42.3 Å². The fourth-order valence-corrected chi connectivity index (χ4v) is 5.10. The molecule has 1 saturated heterocycles. The number of likely N-dealkylation sites (tertiary alicyclic amines) is 1. The third-order valence-corrected chi connectivity index (χ3v) is 6.66. The van der Waals surface area contributed by atoms with Gasteiger partial charge in [0.25, 0.3) is 0 Å². The van der Waals surface area contributed by atoms with E-state index in [-0.39, 0.29) is 0 Å². The summed E-state index contributed by atoms with van der Waals surface area (Å²) in [5.74, 6) is 0.800. The van der Waals surface area contributed by atoms with Crippen LogP contribution in [-0.4, -0.2) is 35.8 Å². The molecular weight excluding hydrogens is 396 g/mol. The second-order valence-electron chi connectivity index (χ2n) is 8.70. The van der Waals surface area contributed by atoms with Gasteiger partial charge in [0.15, 0.2) is 11.5 Å². The fraction of sp³-hybridized carbons (Fsp3) is 0.269. The first-order chi connectivity index (χ1) is 15.7. The van der Waals surface area contributed by atoms with Crippen LogP contribution in [0.5, 0.6) is 0 Å². The van der Waals surface area contributed by atoms with Crippen LogP contribution in [0.25, 0.3) is 27.8 Å². The van der Waals surface area contributed by atoms with Gasteiger partial charge in [-0.05, 0) is 62.2 Å². The third-order valence-electron chi connectivity index (χ3n) is 6.66. The molecule has 0 unspecified atom stereocenters. The maximum atomic E-state index is 5.13. The molecule has 6 nitrogen and oxygen atoms in total. The molecule has 0 spiro atoms. The van der Waals surface area contributed by atoms with Crippen molar-refractivity contribution in [2.45, 2.75) is 32.4 Å². The Morgan fingerprint density at radius 3 is 2.75 bits per heavy atom. The number of hydrogen-bond donors (Lipinski definition) is 0. The summed E-state index contributed by atoms with van der Waals surface area (Å²) in [6.45, 7) is 4.06. The van der Waals surface area contributed by atoms with Gasteiger partial charge in [-0.1, -0.05) is 24.3 Å². The Labute approximate surface area is 187 Å². The molecule has 1 aromatic carbocycles. The summed E-state index contributed by atoms with van der Waals surface area (Å²) in [6, 6.07) is 19.2. The van der Waals surface area contributed by atoms with Crippen LogP contribution in [-0.2, 0) is 13.6 Å². The summed E-state index contributed by atoms with van der Waals surface area (Å²) < 4.78 is 4.10. The Morgan fingerprint density at radius 1 is 1.00 bits per heavy atom. The molecule has 1 atom stereocenters. The minimum atomic E-state index is 0.311. The van der Waals surface area contributed by atoms with E-state index in [1.165, 1.54) is 22.9 Å². The predicted molar refractivity (Wildman–Crippen MR) is 127 cm³/mol. The van der Waals surface area contributed by atoms with Crippen molar-refractivity contribution in [3.8, 4) is 5.82 Å². The van der Waals surface area contributed by atoms with Crippen molar-refractivity contribution in [2.75, 3.05) is 6.54 Å². The average Bonchev–Trinajstić information content (AvgIpc) is 3.51. The van der Waals surface area contributed by atoms with Gasteiger partial charge >= 0.3 is 0 Å². The number of rotatable bonds is 4. The molecule has 0 saturated carbocycles. The number of fused-ring (bicyclic) bond motifs is 2. The van der Waals surface area contributed by atoms with E-state index in [9.17, 15) is 0 Å². The molecule has 0 radical (unpaired) electrons. The van der Waals surface area contributed by atoms with E-state index in [2.05, 4.69) is 64.1 Å². The molecule has 4 aromatic heterocycles. The number of pyridine rings is 2. The minimum Gasteiger partial charge on any atom is -0.350 e. The Morgan fingerprint density at radius 2 is 1.88 bits per heavy atom. The van der Waals surface area contributed by atoms with Gasteiger partial charge in [0.1, 0.15) is 0 Å². The largest absolute Gasteiger partial charge is 0.350 e. The van der Waals surface area contributed by atoms with Crippen molar-refractivity contribution < 1.29 is 0 Å². The molecule has 1 fully saturated rings. The second kappa shape index (κ2) is 7.57. The standard InChI is InChI=1S/C26H26N6/c1-18-20-12-13-22(28-26(20)32(29-18)25-11-5-6-14-27-25)24-10-7-15-31(24)17-19-16-30(2)23-9-4-3-8-21(19)23/h3-6,8-9,11-14,16,24H,7,10,15,17H2,1-2H3/t24-/m1/s1. The highest BCUT2D eigenvalue weighted by Crippen LogP contribution is 2.35. The average molecular weight is 423 g/mol. The molecule has 32 heavy (non-hydrogen) atoms. The van der Waals surface area contributed by atoms with Gasteiger partial charge < -0.3 is 4.57 Å². The quantitative estimate of drug-likeness (QED) is 0.411. The van der Waals surface area contributed by atoms with Gasteiger partial charge in [-0.15, -0.1) is 0 Å². The zero-order valence-electron chi connectivity index (χ0n) is 18.4. The zero-order valence-corrected chi connectivity index (χ0v) is 18.4. The SMILES string of the molecule is Cc1nn(-c2ccccn2)c2nc([C@H]3CCCN3Cc3cn(C)c4ccccc34)ccc12. The maximum absolute atomic E-state index is 5.13. The number of para-hydroxylation sites is 1. The van der Waals surface area contributed by atoms with Crippen LogP contribution in [0, 0.1) is 6.92 Å². The van der Waals surface area contributed by atoms with E-state index in [1.807, 2.05) is 29.8 Å². The van der Waals surface area contributed by atoms with Gasteiger partial charge in [0.05, 0.1) is 17.4 Å². The molecule has 0 aliphatic carbocycles. The number of aromatic nitrogens is 5. The molecule has 6 rings (SSSR count). The van der Waals surface area contributed by atoms with Crippen LogP contribution in [0.15, 0.2) is 67.0 Å². The third kappa shape index (κ3) is 3.10. The monoisotopic (exact) mass is 422 g/mol. The second-order valence-corrected chi connectivity index (χ2v) is 8.70. The van der Waals surface area contributed by atoms with Crippen molar-refractivity contribution in [3.05, 3.63) is 83.9 Å². The Balaban J connectivity index is 1.37. The lowest BCUT2D eigenvalue weighted by Crippen LogP contribution is -2.23. The van der Waals surface area contributed by atoms with Gasteiger partial charge in [-0.2, -0.15) is 9.78 Å². The summed E-state index contributed by atoms with van der Waals surface area (Å²) in [5, 5.41) is 7.15. The molecule has 5 heterocycles. The van der Waals surface area contributed by atoms with Crippen LogP contribution in [0.1, 0.15) is 35.8 Å². The predicted octanol–water partition coefficient (Wildman–Crippen LogP) is 4.95. The normalized spacial score (nSPS) is 17.0. The lowest BCUT2D eigenvalue weighted by molar-refractivity contribution is 0.245. The topological polar surface area (TPSA) is 51.8 Å². The van der Waals surface area contributed by atoms with E-state index < -0.39 is 0 Å². The van der Waals surface area contributed by atoms with Crippen LogP contribution in [0.4, 0.5) is 0 Å². The van der Waals surface area contributed by atoms with Crippen molar-refractivity contribution in [2.24, 2.45) is 7.05 Å². The number of hydrogen-bond acceptors (Lipinski definition) is 4. The maximum Gasteiger partial charge on any atom is 0.165 e. The molecule has 160 valence electrons. The first kappa shape index (κ1) is 19.2. The van der Waals surface area contributed by atoms with E-state index in [4.69, 9.17) is 10.1 Å². The number of nitrogens with zero attached hydrogens (tertiary/aromatic N) is 6. The van der Waals surface area contributed by atoms with E-state index >= 15 is 0 Å². The molecule has 0 N–H and O–H groups in total. The molecular formula is C26H26N6. The summed E-state index contributed by atoms with van der Waals surface area (Å²) in [7, 11) is 2.13. The van der Waals surface area contributed by atoms with Gasteiger partial charge in [-0.3, -0.25) is 4.90 Å². The van der Waals surface area contributed by atoms with Crippen molar-refractivity contribution in [1.82, 2.24) is 29.2 Å². The van der Waals surface area contributed by atoms with E-state index in [0.717, 1.165) is 47.7 Å². The molecule has 0 bridgehead atoms. The molecule has 1 aliphatic rings. The minimum absolute atomic E-state index is 0.311. The Hall–Kier alpha value is -3.51. The van der Waals surface area contributed by atoms with E-state index in [0.29, 0.717) is 6.04 Å². The smallest absolute Gasteiger partial charge is 0.165 e. The van der Waals surface area contributed by atoms with Crippen LogP contribution < -0.4 is 0 Å². The van der Waals surface area contributed by atoms with E-state index in [1.54, 1.807) is 6.20 Å². The Kier molecular flexibility index (Phi) is 4.54. The van der Waals surface area contributed by atoms with Crippen LogP contribution >= 0.6 is 0 Å². The summed E-state index contributed by atoms with van der Waals surface area (Å²) >= 11 is 0. The molecule has 0 amide bonds. The van der Waals surface area contributed by atoms with Gasteiger partial charge in [0.2, 0.25) is 0 Å². The lowest BCUT2D eigenvalue weighted by Gasteiger charge is -2.24. The summed E-state index contributed by atoms with van der Waals surface area (Å²) in [5.41, 5.74) is 5.64. The van der Waals surface area contributed by atoms with Crippen molar-refractivity contribution >= 4 is 21.9 Å². The van der Waals surface area contributed by atoms with Crippen LogP contribution in [0.2, 0.25) is 0 Å². The highest BCUT2D eigenvalue weighted by Gasteiger charge is 2.28. The van der Waals surface area contributed by atoms with Crippen LogP contribution in [0.3, 0.4) is 0 Å². The Bertz CT molecular complexity index is 1410. The lowest BCUT2D eigenvalue weighted by atomic mass is 10.1. The first-order valence-corrected chi connectivity index (χ1v) is 11.2. The number of benzene rings is 1. The highest BCUT2D eigenvalue weighted by molar-refractivity contribution is 5.84. The molecule has 1 aliphatic heterocycles. The fourth-order valence-electron chi connectivity index (χ4n) is 5.10. The van der Waals surface area contributed by atoms with Gasteiger partial charge in [-0.25, -0.2) is 9.97 Å². The summed E-state index contributed by atoms with van der Waals surface area (Å²) in [4.78, 5) is 12.2. The summed E-state index contributed by atoms with van der Waals surface area (Å²) in [6.07, 6.45) is 6.38. The van der Waals surface area contributed by atoms with Crippen molar-refractivity contribution in [3.63, 3.8) is 0 Å². The molecule has 6 heteroatoms.